The summed E-state index contributed by atoms with van der Waals surface area (Å²) in [6, 6.07) is 6.46. The van der Waals surface area contributed by atoms with Crippen molar-refractivity contribution >= 4 is 17.7 Å². The summed E-state index contributed by atoms with van der Waals surface area (Å²) in [6.45, 7) is 6.29. The molecule has 3 N–H and O–H groups in total. The Morgan fingerprint density at radius 2 is 1.89 bits per heavy atom. The van der Waals surface area contributed by atoms with Crippen molar-refractivity contribution in [1.82, 2.24) is 20.9 Å². The molecule has 2 aliphatic heterocycles. The van der Waals surface area contributed by atoms with Gasteiger partial charge in [-0.2, -0.15) is 0 Å². The maximum absolute atomic E-state index is 14.0. The lowest BCUT2D eigenvalue weighted by molar-refractivity contribution is -0.150. The van der Waals surface area contributed by atoms with E-state index in [1.54, 1.807) is 18.9 Å². The van der Waals surface area contributed by atoms with E-state index in [1.807, 2.05) is 12.1 Å². The highest BCUT2D eigenvalue weighted by atomic mass is 16.5. The zero-order chi connectivity index (χ0) is 25.2. The number of carbonyl (C=O) groups excluding carboxylic acids is 3. The molecule has 0 saturated carbocycles. The normalized spacial score (nSPS) is 28.5. The second kappa shape index (κ2) is 10.7. The Balaban J connectivity index is 1.62. The molecule has 2 fully saturated rings. The second-order valence-corrected chi connectivity index (χ2v) is 10.3. The van der Waals surface area contributed by atoms with Gasteiger partial charge >= 0.3 is 0 Å². The fraction of sp³-hybridized carbons (Fsp3) is 0.667. The van der Waals surface area contributed by atoms with Gasteiger partial charge in [0.1, 0.15) is 18.3 Å². The Bertz CT molecular complexity index is 947. The molecule has 8 heteroatoms. The quantitative estimate of drug-likeness (QED) is 0.552. The Hall–Kier alpha value is -2.45. The average molecular weight is 485 g/mol. The van der Waals surface area contributed by atoms with E-state index in [9.17, 15) is 14.4 Å². The summed E-state index contributed by atoms with van der Waals surface area (Å²) in [6.07, 6.45) is 5.01. The van der Waals surface area contributed by atoms with Crippen LogP contribution in [0.15, 0.2) is 24.3 Å². The number of benzene rings is 1. The van der Waals surface area contributed by atoms with Crippen molar-refractivity contribution in [2.75, 3.05) is 13.7 Å². The molecule has 0 unspecified atom stereocenters. The number of ether oxygens (including phenoxy) is 1. The lowest BCUT2D eigenvalue weighted by Crippen LogP contribution is -2.59. The van der Waals surface area contributed by atoms with Gasteiger partial charge in [0.2, 0.25) is 17.7 Å². The molecule has 0 aromatic heterocycles. The number of likely N-dealkylation sites (N-methyl/N-ethyl adjacent to an activating group) is 1. The molecule has 0 bridgehead atoms. The Kier molecular flexibility index (Phi) is 7.81. The number of nitrogens with zero attached hydrogens (tertiary/aromatic N) is 1. The van der Waals surface area contributed by atoms with Crippen LogP contribution in [0.4, 0.5) is 0 Å². The van der Waals surface area contributed by atoms with E-state index in [0.29, 0.717) is 19.4 Å². The van der Waals surface area contributed by atoms with Gasteiger partial charge in [0.15, 0.2) is 0 Å². The monoisotopic (exact) mass is 484 g/mol. The molecule has 1 aliphatic carbocycles. The van der Waals surface area contributed by atoms with Crippen LogP contribution < -0.4 is 16.0 Å². The number of hydrogen-bond acceptors (Lipinski definition) is 5. The third-order valence-electron chi connectivity index (χ3n) is 8.50. The minimum absolute atomic E-state index is 0.0621. The van der Waals surface area contributed by atoms with Gasteiger partial charge in [-0.3, -0.25) is 14.4 Å². The lowest BCUT2D eigenvalue weighted by atomic mass is 9.74. The van der Waals surface area contributed by atoms with Crippen molar-refractivity contribution in [3.05, 3.63) is 35.4 Å². The third-order valence-corrected chi connectivity index (χ3v) is 8.50. The van der Waals surface area contributed by atoms with Crippen molar-refractivity contribution in [2.24, 2.45) is 5.41 Å². The number of hydrogen-bond donors (Lipinski definition) is 3. The first-order valence-corrected chi connectivity index (χ1v) is 13.1. The summed E-state index contributed by atoms with van der Waals surface area (Å²) in [5.41, 5.74) is 2.08. The Morgan fingerprint density at radius 1 is 1.14 bits per heavy atom. The average Bonchev–Trinajstić information content (AvgIpc) is 3.14. The smallest absolute Gasteiger partial charge is 0.247 e. The molecule has 8 nitrogen and oxygen atoms in total. The molecule has 3 amide bonds. The van der Waals surface area contributed by atoms with Crippen LogP contribution in [0.1, 0.15) is 76.5 Å². The standard InChI is InChI=1S/C27H40N4O4/c1-5-27(6-2)16-22-31(26(34)21(14-15-35-22)30-24(32)17(3)28-4)23(27)25(33)29-20-13-9-11-18-10-7-8-12-19(18)20/h7-8,10,12,17,20-23,28H,5-6,9,11,13-16H2,1-4H3,(H,29,33)(H,30,32)/t17-,20+,21-,22-,23+/m0/s1. The van der Waals surface area contributed by atoms with Gasteiger partial charge in [0.25, 0.3) is 0 Å². The Labute approximate surface area is 208 Å². The molecule has 3 aliphatic rings. The topological polar surface area (TPSA) is 99.8 Å². The predicted molar refractivity (Wildman–Crippen MR) is 133 cm³/mol. The van der Waals surface area contributed by atoms with Gasteiger partial charge in [0, 0.05) is 18.3 Å². The summed E-state index contributed by atoms with van der Waals surface area (Å²) in [7, 11) is 1.71. The highest BCUT2D eigenvalue weighted by molar-refractivity contribution is 5.94. The highest BCUT2D eigenvalue weighted by Gasteiger charge is 2.57. The molecular formula is C27H40N4O4. The van der Waals surface area contributed by atoms with Crippen molar-refractivity contribution in [3.8, 4) is 0 Å². The van der Waals surface area contributed by atoms with Crippen LogP contribution in [0.3, 0.4) is 0 Å². The van der Waals surface area contributed by atoms with Gasteiger partial charge in [-0.1, -0.05) is 38.1 Å². The molecule has 4 rings (SSSR count). The predicted octanol–water partition coefficient (Wildman–Crippen LogP) is 2.43. The first-order chi connectivity index (χ1) is 16.8. The number of rotatable bonds is 7. The van der Waals surface area contributed by atoms with Crippen LogP contribution in [-0.2, 0) is 25.5 Å². The lowest BCUT2D eigenvalue weighted by Gasteiger charge is -2.38. The van der Waals surface area contributed by atoms with Gasteiger partial charge in [0.05, 0.1) is 18.7 Å². The summed E-state index contributed by atoms with van der Waals surface area (Å²) < 4.78 is 6.14. The Morgan fingerprint density at radius 3 is 2.60 bits per heavy atom. The number of aryl methyl sites for hydroxylation is 1. The van der Waals surface area contributed by atoms with Crippen LogP contribution in [0, 0.1) is 5.41 Å². The SMILES string of the molecule is CCC1(CC)C[C@@H]2OCC[C@H](NC(=O)[C@H](C)NC)C(=O)N2[C@@H]1C(=O)N[C@@H]1CCCc2ccccc21. The van der Waals surface area contributed by atoms with Gasteiger partial charge in [-0.15, -0.1) is 0 Å². The van der Waals surface area contributed by atoms with Gasteiger partial charge in [-0.05, 0) is 57.2 Å². The number of fused-ring (bicyclic) bond motifs is 2. The summed E-state index contributed by atoms with van der Waals surface area (Å²) in [5, 5.41) is 9.11. The zero-order valence-corrected chi connectivity index (χ0v) is 21.4. The molecule has 0 radical (unpaired) electrons. The highest BCUT2D eigenvalue weighted by Crippen LogP contribution is 2.48. The van der Waals surface area contributed by atoms with Crippen LogP contribution in [0.25, 0.3) is 0 Å². The second-order valence-electron chi connectivity index (χ2n) is 10.3. The molecule has 1 aromatic carbocycles. The van der Waals surface area contributed by atoms with Crippen LogP contribution in [0.5, 0.6) is 0 Å². The number of carbonyl (C=O) groups is 3. The van der Waals surface area contributed by atoms with E-state index in [-0.39, 0.29) is 29.2 Å². The van der Waals surface area contributed by atoms with E-state index < -0.39 is 24.4 Å². The molecule has 0 spiro atoms. The van der Waals surface area contributed by atoms with E-state index in [4.69, 9.17) is 4.74 Å². The summed E-state index contributed by atoms with van der Waals surface area (Å²) in [5.74, 6) is -0.580. The first kappa shape index (κ1) is 25.6. The van der Waals surface area contributed by atoms with Gasteiger partial charge in [-0.25, -0.2) is 0 Å². The van der Waals surface area contributed by atoms with Crippen molar-refractivity contribution in [3.63, 3.8) is 0 Å². The largest absolute Gasteiger partial charge is 0.358 e. The maximum atomic E-state index is 14.0. The van der Waals surface area contributed by atoms with Crippen molar-refractivity contribution in [1.29, 1.82) is 0 Å². The molecule has 5 atom stereocenters. The minimum atomic E-state index is -0.710. The maximum Gasteiger partial charge on any atom is 0.247 e. The molecule has 2 heterocycles. The zero-order valence-electron chi connectivity index (χ0n) is 21.4. The molecule has 1 aromatic rings. The van der Waals surface area contributed by atoms with Crippen molar-refractivity contribution < 1.29 is 19.1 Å². The molecule has 192 valence electrons. The van der Waals surface area contributed by atoms with Crippen LogP contribution in [0.2, 0.25) is 0 Å². The van der Waals surface area contributed by atoms with Crippen LogP contribution in [-0.4, -0.2) is 60.6 Å². The van der Waals surface area contributed by atoms with E-state index in [1.165, 1.54) is 11.1 Å². The molecule has 35 heavy (non-hydrogen) atoms. The fourth-order valence-corrected chi connectivity index (χ4v) is 6.10. The number of nitrogens with one attached hydrogen (secondary N) is 3. The van der Waals surface area contributed by atoms with E-state index >= 15 is 0 Å². The van der Waals surface area contributed by atoms with E-state index in [0.717, 1.165) is 32.1 Å². The van der Waals surface area contributed by atoms with Crippen molar-refractivity contribution in [2.45, 2.75) is 96.1 Å². The number of amides is 3. The third kappa shape index (κ3) is 4.83. The first-order valence-electron chi connectivity index (χ1n) is 13.1. The van der Waals surface area contributed by atoms with E-state index in [2.05, 4.69) is 41.9 Å². The molecule has 2 saturated heterocycles. The van der Waals surface area contributed by atoms with Gasteiger partial charge < -0.3 is 25.6 Å². The molecular weight excluding hydrogens is 444 g/mol. The fourth-order valence-electron chi connectivity index (χ4n) is 6.10. The van der Waals surface area contributed by atoms with Crippen LogP contribution >= 0.6 is 0 Å². The summed E-state index contributed by atoms with van der Waals surface area (Å²) in [4.78, 5) is 42.0. The minimum Gasteiger partial charge on any atom is -0.358 e. The summed E-state index contributed by atoms with van der Waals surface area (Å²) >= 11 is 0.